The molecule has 0 unspecified atom stereocenters. The molecule has 0 fully saturated rings. The van der Waals surface area contributed by atoms with Crippen LogP contribution in [0.2, 0.25) is 0 Å². The van der Waals surface area contributed by atoms with Crippen molar-refractivity contribution in [3.8, 4) is 0 Å². The third-order valence-corrected chi connectivity index (χ3v) is 1.62. The van der Waals surface area contributed by atoms with E-state index in [0.29, 0.717) is 0 Å². The highest BCUT2D eigenvalue weighted by Crippen LogP contribution is 2.15. The summed E-state index contributed by atoms with van der Waals surface area (Å²) in [5, 5.41) is 0. The maximum absolute atomic E-state index is 10.3. The maximum atomic E-state index is 10.3. The molecule has 0 aliphatic rings. The summed E-state index contributed by atoms with van der Waals surface area (Å²) in [6, 6.07) is 0. The summed E-state index contributed by atoms with van der Waals surface area (Å²) in [6.07, 6.45) is 0. The Balaban J connectivity index is 3.91. The first-order chi connectivity index (χ1) is 3.50. The van der Waals surface area contributed by atoms with Gasteiger partial charge in [0.2, 0.25) is 5.91 Å². The summed E-state index contributed by atoms with van der Waals surface area (Å²) >= 11 is 5.35. The SMILES string of the molecule is CC(C)(CCl)C([NH])=O. The van der Waals surface area contributed by atoms with Crippen molar-refractivity contribution in [2.24, 2.45) is 5.41 Å². The highest BCUT2D eigenvalue weighted by Gasteiger charge is 2.23. The van der Waals surface area contributed by atoms with Gasteiger partial charge in [0.1, 0.15) is 0 Å². The summed E-state index contributed by atoms with van der Waals surface area (Å²) in [7, 11) is 0. The van der Waals surface area contributed by atoms with Crippen molar-refractivity contribution in [3.05, 3.63) is 0 Å². The maximum Gasteiger partial charge on any atom is 0.245 e. The van der Waals surface area contributed by atoms with Crippen LogP contribution in [-0.4, -0.2) is 11.8 Å². The first kappa shape index (κ1) is 7.76. The van der Waals surface area contributed by atoms with Gasteiger partial charge in [-0.05, 0) is 13.8 Å². The molecule has 0 aromatic carbocycles. The molecule has 0 aliphatic carbocycles. The molecule has 0 bridgehead atoms. The van der Waals surface area contributed by atoms with Gasteiger partial charge in [0, 0.05) is 5.88 Å². The number of alkyl halides is 1. The second-order valence-corrected chi connectivity index (χ2v) is 2.61. The number of rotatable bonds is 2. The molecule has 1 N–H and O–H groups in total. The van der Waals surface area contributed by atoms with Crippen molar-refractivity contribution < 1.29 is 4.79 Å². The monoisotopic (exact) mass is 134 g/mol. The van der Waals surface area contributed by atoms with Crippen LogP contribution in [0.15, 0.2) is 0 Å². The number of carbonyl (C=O) groups excluding carboxylic acids is 1. The Kier molecular flexibility index (Phi) is 2.28. The van der Waals surface area contributed by atoms with Gasteiger partial charge in [0.05, 0.1) is 5.41 Å². The van der Waals surface area contributed by atoms with Gasteiger partial charge in [-0.25, -0.2) is 0 Å². The zero-order chi connectivity index (χ0) is 6.78. The molecular weight excluding hydrogens is 126 g/mol. The zero-order valence-electron chi connectivity index (χ0n) is 4.99. The molecule has 0 heterocycles. The Labute approximate surface area is 54.0 Å². The van der Waals surface area contributed by atoms with Crippen LogP contribution < -0.4 is 5.73 Å². The van der Waals surface area contributed by atoms with Crippen LogP contribution in [0.5, 0.6) is 0 Å². The topological polar surface area (TPSA) is 40.9 Å². The van der Waals surface area contributed by atoms with Crippen molar-refractivity contribution in [1.29, 1.82) is 0 Å². The van der Waals surface area contributed by atoms with Gasteiger partial charge in [-0.15, -0.1) is 11.6 Å². The van der Waals surface area contributed by atoms with Crippen LogP contribution in [0.3, 0.4) is 0 Å². The first-order valence-corrected chi connectivity index (χ1v) is 2.86. The Morgan fingerprint density at radius 1 is 1.75 bits per heavy atom. The second kappa shape index (κ2) is 2.35. The Bertz CT molecular complexity index is 101. The Morgan fingerprint density at radius 2 is 2.12 bits per heavy atom. The lowest BCUT2D eigenvalue weighted by atomic mass is 9.96. The van der Waals surface area contributed by atoms with Gasteiger partial charge >= 0.3 is 0 Å². The fourth-order valence-electron chi connectivity index (χ4n) is 0.0607. The van der Waals surface area contributed by atoms with Gasteiger partial charge in [-0.1, -0.05) is 0 Å². The lowest BCUT2D eigenvalue weighted by molar-refractivity contribution is -0.125. The van der Waals surface area contributed by atoms with Crippen molar-refractivity contribution in [2.45, 2.75) is 13.8 Å². The fourth-order valence-corrected chi connectivity index (χ4v) is 0.182. The predicted octanol–water partition coefficient (Wildman–Crippen LogP) is 1.06. The summed E-state index contributed by atoms with van der Waals surface area (Å²) in [5.41, 5.74) is 5.99. The largest absolute Gasteiger partial charge is 0.273 e. The molecular formula is C5H9ClNO. The van der Waals surface area contributed by atoms with Crippen LogP contribution in [-0.2, 0) is 4.79 Å². The average molecular weight is 135 g/mol. The molecule has 0 spiro atoms. The molecule has 8 heavy (non-hydrogen) atoms. The van der Waals surface area contributed by atoms with E-state index in [-0.39, 0.29) is 5.88 Å². The quantitative estimate of drug-likeness (QED) is 0.521. The highest BCUT2D eigenvalue weighted by atomic mass is 35.5. The zero-order valence-corrected chi connectivity index (χ0v) is 5.75. The van der Waals surface area contributed by atoms with E-state index in [9.17, 15) is 4.79 Å². The minimum atomic E-state index is -0.665. The Morgan fingerprint density at radius 3 is 2.12 bits per heavy atom. The number of hydrogen-bond donors (Lipinski definition) is 0. The molecule has 0 aliphatic heterocycles. The van der Waals surface area contributed by atoms with E-state index in [0.717, 1.165) is 0 Å². The lowest BCUT2D eigenvalue weighted by Gasteiger charge is -2.13. The molecule has 0 saturated heterocycles. The van der Waals surface area contributed by atoms with Crippen LogP contribution in [0.1, 0.15) is 13.8 Å². The third-order valence-electron chi connectivity index (χ3n) is 0.949. The summed E-state index contributed by atoms with van der Waals surface area (Å²) < 4.78 is 0. The van der Waals surface area contributed by atoms with E-state index >= 15 is 0 Å². The van der Waals surface area contributed by atoms with Crippen LogP contribution in [0.25, 0.3) is 0 Å². The van der Waals surface area contributed by atoms with Crippen LogP contribution in [0.4, 0.5) is 0 Å². The Hall–Kier alpha value is -0.240. The van der Waals surface area contributed by atoms with E-state index < -0.39 is 11.3 Å². The van der Waals surface area contributed by atoms with E-state index in [2.05, 4.69) is 0 Å². The van der Waals surface area contributed by atoms with Crippen molar-refractivity contribution >= 4 is 17.5 Å². The molecule has 3 heteroatoms. The minimum absolute atomic E-state index is 0.218. The summed E-state index contributed by atoms with van der Waals surface area (Å²) in [4.78, 5) is 10.3. The summed E-state index contributed by atoms with van der Waals surface area (Å²) in [6.45, 7) is 3.30. The molecule has 2 nitrogen and oxygen atoms in total. The molecule has 47 valence electrons. The normalized spacial score (nSPS) is 11.4. The van der Waals surface area contributed by atoms with E-state index in [4.69, 9.17) is 17.3 Å². The van der Waals surface area contributed by atoms with Gasteiger partial charge in [0.15, 0.2) is 0 Å². The van der Waals surface area contributed by atoms with Crippen molar-refractivity contribution in [3.63, 3.8) is 0 Å². The lowest BCUT2D eigenvalue weighted by Crippen LogP contribution is -2.26. The van der Waals surface area contributed by atoms with E-state index in [1.165, 1.54) is 0 Å². The number of carbonyl (C=O) groups is 1. The number of amides is 1. The van der Waals surface area contributed by atoms with Gasteiger partial charge in [-0.2, -0.15) is 0 Å². The highest BCUT2D eigenvalue weighted by molar-refractivity contribution is 6.19. The van der Waals surface area contributed by atoms with E-state index in [1.54, 1.807) is 13.8 Å². The number of hydrogen-bond acceptors (Lipinski definition) is 1. The molecule has 0 saturated carbocycles. The first-order valence-electron chi connectivity index (χ1n) is 2.32. The van der Waals surface area contributed by atoms with Gasteiger partial charge < -0.3 is 0 Å². The van der Waals surface area contributed by atoms with Crippen molar-refractivity contribution in [1.82, 2.24) is 5.73 Å². The van der Waals surface area contributed by atoms with Crippen LogP contribution >= 0.6 is 11.6 Å². The third kappa shape index (κ3) is 1.70. The number of halogens is 1. The standard InChI is InChI=1S/C5H9ClNO/c1-5(2,3-6)4(7)8/h7H,3H2,1-2H3. The second-order valence-electron chi connectivity index (χ2n) is 2.35. The summed E-state index contributed by atoms with van der Waals surface area (Å²) in [5.74, 6) is -0.387. The molecule has 0 aromatic heterocycles. The van der Waals surface area contributed by atoms with Gasteiger partial charge in [-0.3, -0.25) is 10.5 Å². The van der Waals surface area contributed by atoms with Crippen LogP contribution in [0, 0.1) is 5.41 Å². The smallest absolute Gasteiger partial charge is 0.245 e. The number of nitrogens with one attached hydrogen (secondary N) is 1. The average Bonchev–Trinajstić information content (AvgIpc) is 1.67. The molecule has 0 aromatic rings. The minimum Gasteiger partial charge on any atom is -0.273 e. The molecule has 0 atom stereocenters. The fraction of sp³-hybridized carbons (Fsp3) is 0.800. The molecule has 0 rings (SSSR count). The van der Waals surface area contributed by atoms with Crippen molar-refractivity contribution in [2.75, 3.05) is 5.88 Å². The van der Waals surface area contributed by atoms with Gasteiger partial charge in [0.25, 0.3) is 0 Å². The predicted molar refractivity (Wildman–Crippen MR) is 32.6 cm³/mol. The molecule has 1 amide bonds. The molecule has 1 radical (unpaired) electrons. The van der Waals surface area contributed by atoms with E-state index in [1.807, 2.05) is 0 Å².